The van der Waals surface area contributed by atoms with Crippen molar-refractivity contribution in [3.8, 4) is 0 Å². The van der Waals surface area contributed by atoms with Crippen molar-refractivity contribution in [2.24, 2.45) is 11.8 Å². The van der Waals surface area contributed by atoms with E-state index in [1.807, 2.05) is 0 Å². The van der Waals surface area contributed by atoms with Gasteiger partial charge in [0.1, 0.15) is 0 Å². The molecule has 0 aromatic heterocycles. The van der Waals surface area contributed by atoms with Gasteiger partial charge in [-0.1, -0.05) is 31.9 Å². The summed E-state index contributed by atoms with van der Waals surface area (Å²) in [6.45, 7) is 2.16. The monoisotopic (exact) mass is 196 g/mol. The molecule has 0 saturated heterocycles. The summed E-state index contributed by atoms with van der Waals surface area (Å²) in [5, 5.41) is 8.74. The van der Waals surface area contributed by atoms with Gasteiger partial charge in [-0.05, 0) is 31.1 Å². The van der Waals surface area contributed by atoms with E-state index in [0.29, 0.717) is 18.3 Å². The van der Waals surface area contributed by atoms with E-state index >= 15 is 0 Å². The second kappa shape index (κ2) is 5.84. The van der Waals surface area contributed by atoms with Gasteiger partial charge in [0.2, 0.25) is 0 Å². The van der Waals surface area contributed by atoms with Crippen LogP contribution in [0.3, 0.4) is 0 Å². The maximum Gasteiger partial charge on any atom is 0.303 e. The first-order chi connectivity index (χ1) is 6.74. The molecule has 0 heterocycles. The van der Waals surface area contributed by atoms with Gasteiger partial charge in [-0.2, -0.15) is 0 Å². The molecule has 0 aliphatic heterocycles. The summed E-state index contributed by atoms with van der Waals surface area (Å²) in [5.41, 5.74) is 0. The zero-order valence-corrected chi connectivity index (χ0v) is 8.91. The van der Waals surface area contributed by atoms with E-state index in [-0.39, 0.29) is 0 Å². The second-order valence-electron chi connectivity index (χ2n) is 4.17. The number of rotatable bonds is 5. The summed E-state index contributed by atoms with van der Waals surface area (Å²) in [5.74, 6) is 0.268. The Kier molecular flexibility index (Phi) is 4.71. The Labute approximate surface area is 86.0 Å². The van der Waals surface area contributed by atoms with Crippen LogP contribution in [0.15, 0.2) is 12.2 Å². The molecule has 0 aromatic rings. The van der Waals surface area contributed by atoms with Crippen LogP contribution in [-0.4, -0.2) is 11.1 Å². The van der Waals surface area contributed by atoms with E-state index in [1.165, 1.54) is 19.3 Å². The highest BCUT2D eigenvalue weighted by Gasteiger charge is 2.26. The summed E-state index contributed by atoms with van der Waals surface area (Å²) < 4.78 is 0. The molecule has 0 radical (unpaired) electrons. The zero-order valence-electron chi connectivity index (χ0n) is 8.91. The van der Waals surface area contributed by atoms with Gasteiger partial charge in [0.05, 0.1) is 0 Å². The lowest BCUT2D eigenvalue weighted by molar-refractivity contribution is -0.138. The standard InChI is InChI=1S/C12H20O2/c1-2-3-4-6-10-7-5-8-11(10)9-12(13)14/h4,6,10-11H,2-3,5,7-9H2,1H3,(H,13,14). The maximum atomic E-state index is 10.6. The summed E-state index contributed by atoms with van der Waals surface area (Å²) in [6, 6.07) is 0. The third-order valence-corrected chi connectivity index (χ3v) is 2.99. The van der Waals surface area contributed by atoms with E-state index in [9.17, 15) is 4.79 Å². The summed E-state index contributed by atoms with van der Waals surface area (Å²) in [4.78, 5) is 10.6. The van der Waals surface area contributed by atoms with Gasteiger partial charge in [-0.25, -0.2) is 0 Å². The molecule has 0 spiro atoms. The Bertz CT molecular complexity index is 208. The summed E-state index contributed by atoms with van der Waals surface area (Å²) in [7, 11) is 0. The van der Waals surface area contributed by atoms with E-state index < -0.39 is 5.97 Å². The van der Waals surface area contributed by atoms with Crippen molar-refractivity contribution >= 4 is 5.97 Å². The molecule has 2 atom stereocenters. The highest BCUT2D eigenvalue weighted by molar-refractivity contribution is 5.67. The lowest BCUT2D eigenvalue weighted by Crippen LogP contribution is -2.10. The van der Waals surface area contributed by atoms with Crippen molar-refractivity contribution in [1.29, 1.82) is 0 Å². The minimum absolute atomic E-state index is 0.348. The molecular formula is C12H20O2. The fourth-order valence-corrected chi connectivity index (χ4v) is 2.23. The smallest absolute Gasteiger partial charge is 0.303 e. The third-order valence-electron chi connectivity index (χ3n) is 2.99. The molecule has 0 aromatic carbocycles. The SMILES string of the molecule is CCCC=CC1CCCC1CC(=O)O. The van der Waals surface area contributed by atoms with Gasteiger partial charge >= 0.3 is 5.97 Å². The molecule has 1 fully saturated rings. The average molecular weight is 196 g/mol. The quantitative estimate of drug-likeness (QED) is 0.685. The highest BCUT2D eigenvalue weighted by Crippen LogP contribution is 2.35. The van der Waals surface area contributed by atoms with E-state index in [1.54, 1.807) is 0 Å². The number of carboxylic acids is 1. The molecule has 2 nitrogen and oxygen atoms in total. The summed E-state index contributed by atoms with van der Waals surface area (Å²) >= 11 is 0. The second-order valence-corrected chi connectivity index (χ2v) is 4.17. The number of unbranched alkanes of at least 4 members (excludes halogenated alkanes) is 1. The van der Waals surface area contributed by atoms with Crippen molar-refractivity contribution in [3.05, 3.63) is 12.2 Å². The van der Waals surface area contributed by atoms with Crippen molar-refractivity contribution in [2.75, 3.05) is 0 Å². The average Bonchev–Trinajstić information content (AvgIpc) is 2.52. The number of hydrogen-bond acceptors (Lipinski definition) is 1. The molecule has 1 N–H and O–H groups in total. The van der Waals surface area contributed by atoms with Crippen LogP contribution in [-0.2, 0) is 4.79 Å². The van der Waals surface area contributed by atoms with E-state index in [2.05, 4.69) is 19.1 Å². The van der Waals surface area contributed by atoms with Crippen LogP contribution in [0.25, 0.3) is 0 Å². The molecule has 0 bridgehead atoms. The van der Waals surface area contributed by atoms with Crippen molar-refractivity contribution in [3.63, 3.8) is 0 Å². The first kappa shape index (κ1) is 11.3. The largest absolute Gasteiger partial charge is 0.481 e. The number of allylic oxidation sites excluding steroid dienone is 2. The number of hydrogen-bond donors (Lipinski definition) is 1. The Morgan fingerprint density at radius 1 is 1.50 bits per heavy atom. The number of carbonyl (C=O) groups is 1. The number of aliphatic carboxylic acids is 1. The first-order valence-electron chi connectivity index (χ1n) is 5.62. The van der Waals surface area contributed by atoms with Gasteiger partial charge in [0.25, 0.3) is 0 Å². The topological polar surface area (TPSA) is 37.3 Å². The predicted molar refractivity (Wildman–Crippen MR) is 57.1 cm³/mol. The molecule has 14 heavy (non-hydrogen) atoms. The minimum atomic E-state index is -0.647. The van der Waals surface area contributed by atoms with Crippen LogP contribution in [0.1, 0.15) is 45.4 Å². The van der Waals surface area contributed by atoms with Gasteiger partial charge in [-0.15, -0.1) is 0 Å². The molecule has 2 heteroatoms. The number of carboxylic acid groups (broad SMARTS) is 1. The Hall–Kier alpha value is -0.790. The van der Waals surface area contributed by atoms with Gasteiger partial charge in [-0.3, -0.25) is 4.79 Å². The van der Waals surface area contributed by atoms with E-state index in [4.69, 9.17) is 5.11 Å². The maximum absolute atomic E-state index is 10.6. The Balaban J connectivity index is 2.38. The van der Waals surface area contributed by atoms with Crippen LogP contribution in [0.4, 0.5) is 0 Å². The summed E-state index contributed by atoms with van der Waals surface area (Å²) in [6.07, 6.45) is 10.6. The predicted octanol–water partition coefficient (Wildman–Crippen LogP) is 3.23. The Morgan fingerprint density at radius 3 is 2.93 bits per heavy atom. The van der Waals surface area contributed by atoms with Crippen molar-refractivity contribution in [1.82, 2.24) is 0 Å². The molecule has 1 saturated carbocycles. The normalized spacial score (nSPS) is 27.2. The molecule has 80 valence electrons. The van der Waals surface area contributed by atoms with Crippen LogP contribution in [0.5, 0.6) is 0 Å². The van der Waals surface area contributed by atoms with Crippen molar-refractivity contribution in [2.45, 2.75) is 45.4 Å². The van der Waals surface area contributed by atoms with Gasteiger partial charge in [0, 0.05) is 6.42 Å². The van der Waals surface area contributed by atoms with Crippen LogP contribution in [0.2, 0.25) is 0 Å². The molecule has 1 aliphatic carbocycles. The molecule has 2 unspecified atom stereocenters. The molecule has 0 amide bonds. The lowest BCUT2D eigenvalue weighted by Gasteiger charge is -2.13. The fourth-order valence-electron chi connectivity index (χ4n) is 2.23. The molecule has 1 aliphatic rings. The first-order valence-corrected chi connectivity index (χ1v) is 5.62. The van der Waals surface area contributed by atoms with Crippen LogP contribution in [0, 0.1) is 11.8 Å². The third kappa shape index (κ3) is 3.52. The van der Waals surface area contributed by atoms with Crippen molar-refractivity contribution < 1.29 is 9.90 Å². The van der Waals surface area contributed by atoms with Crippen LogP contribution < -0.4 is 0 Å². The molecular weight excluding hydrogens is 176 g/mol. The fraction of sp³-hybridized carbons (Fsp3) is 0.750. The van der Waals surface area contributed by atoms with E-state index in [0.717, 1.165) is 12.8 Å². The highest BCUT2D eigenvalue weighted by atomic mass is 16.4. The Morgan fingerprint density at radius 2 is 2.29 bits per heavy atom. The van der Waals surface area contributed by atoms with Gasteiger partial charge < -0.3 is 5.11 Å². The van der Waals surface area contributed by atoms with Crippen LogP contribution >= 0.6 is 0 Å². The lowest BCUT2D eigenvalue weighted by atomic mass is 9.92. The minimum Gasteiger partial charge on any atom is -0.481 e. The molecule has 1 rings (SSSR count). The zero-order chi connectivity index (χ0) is 10.4. The van der Waals surface area contributed by atoms with Gasteiger partial charge in [0.15, 0.2) is 0 Å².